The van der Waals surface area contributed by atoms with E-state index in [1.807, 2.05) is 0 Å². The Kier molecular flexibility index (Phi) is 5.87. The molecule has 2 rings (SSSR count). The molecule has 0 aromatic heterocycles. The van der Waals surface area contributed by atoms with Crippen molar-refractivity contribution in [3.8, 4) is 0 Å². The molecule has 0 heterocycles. The first kappa shape index (κ1) is 14.5. The van der Waals surface area contributed by atoms with Crippen LogP contribution in [0.3, 0.4) is 0 Å². The van der Waals surface area contributed by atoms with E-state index >= 15 is 0 Å². The minimum absolute atomic E-state index is 0.647. The number of fused-ring (bicyclic) bond motifs is 1. The van der Waals surface area contributed by atoms with Gasteiger partial charge in [0.15, 0.2) is 0 Å². The normalized spacial score (nSPS) is 20.0. The SMILES string of the molecule is CCNC(CCCOC)C1CCc2ccccc2C1. The zero-order chi connectivity index (χ0) is 13.5. The van der Waals surface area contributed by atoms with Crippen molar-refractivity contribution in [1.82, 2.24) is 5.32 Å². The third-order valence-electron chi connectivity index (χ3n) is 4.28. The highest BCUT2D eigenvalue weighted by Crippen LogP contribution is 2.28. The molecule has 0 spiro atoms. The highest BCUT2D eigenvalue weighted by molar-refractivity contribution is 5.30. The molecule has 0 aliphatic heterocycles. The average molecular weight is 261 g/mol. The summed E-state index contributed by atoms with van der Waals surface area (Å²) in [6.07, 6.45) is 6.19. The number of benzene rings is 1. The summed E-state index contributed by atoms with van der Waals surface area (Å²) >= 11 is 0. The number of nitrogens with one attached hydrogen (secondary N) is 1. The Morgan fingerprint density at radius 1 is 1.32 bits per heavy atom. The minimum atomic E-state index is 0.647. The van der Waals surface area contributed by atoms with E-state index in [4.69, 9.17) is 4.74 Å². The fourth-order valence-corrected chi connectivity index (χ4v) is 3.28. The Hall–Kier alpha value is -0.860. The lowest BCUT2D eigenvalue weighted by atomic mass is 9.79. The Balaban J connectivity index is 1.95. The molecule has 0 radical (unpaired) electrons. The lowest BCUT2D eigenvalue weighted by molar-refractivity contribution is 0.182. The van der Waals surface area contributed by atoms with Crippen LogP contribution in [0.15, 0.2) is 24.3 Å². The smallest absolute Gasteiger partial charge is 0.0462 e. The molecular formula is C17H27NO. The largest absolute Gasteiger partial charge is 0.385 e. The molecule has 2 heteroatoms. The van der Waals surface area contributed by atoms with Crippen LogP contribution in [0, 0.1) is 5.92 Å². The highest BCUT2D eigenvalue weighted by atomic mass is 16.5. The summed E-state index contributed by atoms with van der Waals surface area (Å²) in [5.41, 5.74) is 3.12. The lowest BCUT2D eigenvalue weighted by Crippen LogP contribution is -2.39. The third-order valence-corrected chi connectivity index (χ3v) is 4.28. The van der Waals surface area contributed by atoms with E-state index in [0.29, 0.717) is 6.04 Å². The van der Waals surface area contributed by atoms with E-state index in [9.17, 15) is 0 Å². The van der Waals surface area contributed by atoms with Crippen molar-refractivity contribution in [2.45, 2.75) is 45.1 Å². The van der Waals surface area contributed by atoms with Crippen molar-refractivity contribution >= 4 is 0 Å². The van der Waals surface area contributed by atoms with E-state index in [1.54, 1.807) is 18.2 Å². The minimum Gasteiger partial charge on any atom is -0.385 e. The van der Waals surface area contributed by atoms with Crippen molar-refractivity contribution in [3.63, 3.8) is 0 Å². The van der Waals surface area contributed by atoms with Gasteiger partial charge in [0, 0.05) is 19.8 Å². The first-order chi connectivity index (χ1) is 9.35. The standard InChI is InChI=1S/C17H27NO/c1-3-18-17(9-6-12-19-2)16-11-10-14-7-4-5-8-15(14)13-16/h4-5,7-8,16-18H,3,6,9-13H2,1-2H3. The van der Waals surface area contributed by atoms with E-state index in [0.717, 1.165) is 25.5 Å². The molecule has 0 saturated heterocycles. The van der Waals surface area contributed by atoms with Gasteiger partial charge in [0.05, 0.1) is 0 Å². The second kappa shape index (κ2) is 7.66. The second-order valence-corrected chi connectivity index (χ2v) is 5.57. The number of aryl methyl sites for hydroxylation is 1. The topological polar surface area (TPSA) is 21.3 Å². The van der Waals surface area contributed by atoms with Gasteiger partial charge in [0.1, 0.15) is 0 Å². The van der Waals surface area contributed by atoms with Gasteiger partial charge in [-0.15, -0.1) is 0 Å². The molecule has 0 fully saturated rings. The monoisotopic (exact) mass is 261 g/mol. The quantitative estimate of drug-likeness (QED) is 0.761. The van der Waals surface area contributed by atoms with Gasteiger partial charge < -0.3 is 10.1 Å². The second-order valence-electron chi connectivity index (χ2n) is 5.57. The average Bonchev–Trinajstić information content (AvgIpc) is 2.46. The van der Waals surface area contributed by atoms with Crippen LogP contribution in [0.4, 0.5) is 0 Å². The van der Waals surface area contributed by atoms with Crippen molar-refractivity contribution in [2.24, 2.45) is 5.92 Å². The van der Waals surface area contributed by atoms with Gasteiger partial charge in [-0.2, -0.15) is 0 Å². The molecule has 0 bridgehead atoms. The first-order valence-electron chi connectivity index (χ1n) is 7.64. The van der Waals surface area contributed by atoms with E-state index in [2.05, 4.69) is 36.5 Å². The number of hydrogen-bond donors (Lipinski definition) is 1. The molecule has 2 nitrogen and oxygen atoms in total. The summed E-state index contributed by atoms with van der Waals surface area (Å²) in [4.78, 5) is 0. The fraction of sp³-hybridized carbons (Fsp3) is 0.647. The van der Waals surface area contributed by atoms with Gasteiger partial charge in [0.25, 0.3) is 0 Å². The number of ether oxygens (including phenoxy) is 1. The summed E-state index contributed by atoms with van der Waals surface area (Å²) in [6.45, 7) is 4.15. The van der Waals surface area contributed by atoms with Crippen LogP contribution in [-0.4, -0.2) is 26.3 Å². The number of rotatable bonds is 7. The molecule has 1 aliphatic carbocycles. The fourth-order valence-electron chi connectivity index (χ4n) is 3.28. The van der Waals surface area contributed by atoms with Crippen LogP contribution in [-0.2, 0) is 17.6 Å². The Labute approximate surface area is 117 Å². The maximum Gasteiger partial charge on any atom is 0.0462 e. The van der Waals surface area contributed by atoms with Crippen LogP contribution in [0.25, 0.3) is 0 Å². The molecule has 1 aromatic rings. The summed E-state index contributed by atoms with van der Waals surface area (Å²) in [5, 5.41) is 3.69. The van der Waals surface area contributed by atoms with E-state index < -0.39 is 0 Å². The Morgan fingerprint density at radius 2 is 2.11 bits per heavy atom. The Morgan fingerprint density at radius 3 is 2.84 bits per heavy atom. The third kappa shape index (κ3) is 4.05. The van der Waals surface area contributed by atoms with Gasteiger partial charge in [0.2, 0.25) is 0 Å². The molecule has 1 aliphatic rings. The molecule has 19 heavy (non-hydrogen) atoms. The molecule has 1 aromatic carbocycles. The Bertz CT molecular complexity index is 377. The van der Waals surface area contributed by atoms with E-state index in [1.165, 1.54) is 25.7 Å². The lowest BCUT2D eigenvalue weighted by Gasteiger charge is -2.32. The zero-order valence-electron chi connectivity index (χ0n) is 12.3. The molecule has 2 atom stereocenters. The summed E-state index contributed by atoms with van der Waals surface area (Å²) < 4.78 is 5.19. The van der Waals surface area contributed by atoms with Crippen molar-refractivity contribution in [1.29, 1.82) is 0 Å². The van der Waals surface area contributed by atoms with Crippen LogP contribution >= 0.6 is 0 Å². The maximum atomic E-state index is 5.19. The predicted molar refractivity (Wildman–Crippen MR) is 80.5 cm³/mol. The van der Waals surface area contributed by atoms with Crippen molar-refractivity contribution in [2.75, 3.05) is 20.3 Å². The molecule has 0 saturated carbocycles. The molecule has 2 unspecified atom stereocenters. The summed E-state index contributed by atoms with van der Waals surface area (Å²) in [5.74, 6) is 0.784. The van der Waals surface area contributed by atoms with Crippen LogP contribution in [0.5, 0.6) is 0 Å². The molecule has 106 valence electrons. The van der Waals surface area contributed by atoms with Gasteiger partial charge >= 0.3 is 0 Å². The molecular weight excluding hydrogens is 234 g/mol. The van der Waals surface area contributed by atoms with Crippen molar-refractivity contribution < 1.29 is 4.74 Å². The van der Waals surface area contributed by atoms with Crippen molar-refractivity contribution in [3.05, 3.63) is 35.4 Å². The number of methoxy groups -OCH3 is 1. The predicted octanol–water partition coefficient (Wildman–Crippen LogP) is 3.20. The first-order valence-corrected chi connectivity index (χ1v) is 7.64. The van der Waals surface area contributed by atoms with Crippen LogP contribution in [0.2, 0.25) is 0 Å². The van der Waals surface area contributed by atoms with Gasteiger partial charge in [-0.1, -0.05) is 31.2 Å². The van der Waals surface area contributed by atoms with Crippen LogP contribution < -0.4 is 5.32 Å². The maximum absolute atomic E-state index is 5.19. The van der Waals surface area contributed by atoms with E-state index in [-0.39, 0.29) is 0 Å². The van der Waals surface area contributed by atoms with Gasteiger partial charge in [-0.05, 0) is 55.7 Å². The zero-order valence-corrected chi connectivity index (χ0v) is 12.3. The van der Waals surface area contributed by atoms with Gasteiger partial charge in [-0.25, -0.2) is 0 Å². The molecule has 1 N–H and O–H groups in total. The van der Waals surface area contributed by atoms with Crippen LogP contribution in [0.1, 0.15) is 37.3 Å². The number of hydrogen-bond acceptors (Lipinski definition) is 2. The summed E-state index contributed by atoms with van der Waals surface area (Å²) in [6, 6.07) is 9.58. The highest BCUT2D eigenvalue weighted by Gasteiger charge is 2.25. The summed E-state index contributed by atoms with van der Waals surface area (Å²) in [7, 11) is 1.79. The molecule has 0 amide bonds. The van der Waals surface area contributed by atoms with Gasteiger partial charge in [-0.3, -0.25) is 0 Å².